The molecule has 0 fully saturated rings. The van der Waals surface area contributed by atoms with Crippen LogP contribution in [-0.2, 0) is 40.5 Å². The average Bonchev–Trinajstić information content (AvgIpc) is 3.84. The van der Waals surface area contributed by atoms with Crippen molar-refractivity contribution < 1.29 is 64.3 Å². The van der Waals surface area contributed by atoms with Crippen LogP contribution in [0.5, 0.6) is 0 Å². The van der Waals surface area contributed by atoms with Crippen LogP contribution in [0.4, 0.5) is 0 Å². The van der Waals surface area contributed by atoms with Gasteiger partial charge in [-0.15, -0.1) is 0 Å². The van der Waals surface area contributed by atoms with Crippen molar-refractivity contribution in [3.63, 3.8) is 0 Å². The van der Waals surface area contributed by atoms with Crippen LogP contribution in [0.2, 0.25) is 0 Å². The number of fused-ring (bicyclic) bond motifs is 20. The molecular formula is C32H20AlClN8O12S4. The number of hydrogen-bond donors (Lipinski definition) is 8. The number of H-pyrrole nitrogens is 4. The molecule has 20 nitrogen and oxygen atoms in total. The summed E-state index contributed by atoms with van der Waals surface area (Å²) < 4.78 is 137. The van der Waals surface area contributed by atoms with Crippen LogP contribution >= 0.6 is 0 Å². The van der Waals surface area contributed by atoms with Gasteiger partial charge in [-0.05, 0) is 70.1 Å². The standard InChI is InChI=1S/C32H20N8O12S4.Al.ClH/c41-53(42,43)13-1-5-17-21(9-13)29-33-25(17)37-30-22-10-14(54(44,45)46)2-6-18(22)27(34-30)39-32-24-12-16(56(50,51)52)4-8-20(24)28(36-32)40-31-23-11-15(55(47,48)49)3-7-19(23)26(35-31)38-29;;/h1-12,33,36-37,39H,(H4-,35,38,40,41,42,43,44,45,46,47,48,49,50,51,52);;1H/q-2;+3;/p-1. The van der Waals surface area contributed by atoms with Gasteiger partial charge in [-0.25, -0.2) is 0 Å². The van der Waals surface area contributed by atoms with E-state index < -0.39 is 60.1 Å². The summed E-state index contributed by atoms with van der Waals surface area (Å²) >= 11 is 0. The van der Waals surface area contributed by atoms with E-state index in [1.54, 1.807) is 0 Å². The Balaban J connectivity index is 0.00000256. The number of aromatic nitrogens is 8. The zero-order chi connectivity index (χ0) is 39.7. The molecule has 0 unspecified atom stereocenters. The van der Waals surface area contributed by atoms with Crippen molar-refractivity contribution >= 4 is 146 Å². The molecule has 58 heavy (non-hydrogen) atoms. The molecule has 5 heterocycles. The first kappa shape index (κ1) is 40.9. The summed E-state index contributed by atoms with van der Waals surface area (Å²) in [4.78, 5) is 28.7. The molecule has 0 amide bonds. The Morgan fingerprint density at radius 2 is 0.793 bits per heavy atom. The van der Waals surface area contributed by atoms with Gasteiger partial charge in [0.2, 0.25) is 0 Å². The summed E-state index contributed by atoms with van der Waals surface area (Å²) in [5.41, 5.74) is 0.0895. The molecule has 0 saturated heterocycles. The fourth-order valence-electron chi connectivity index (χ4n) is 6.49. The molecule has 8 N–H and O–H groups in total. The van der Waals surface area contributed by atoms with Crippen LogP contribution in [0, 0.1) is 0 Å². The van der Waals surface area contributed by atoms with Crippen molar-refractivity contribution in [2.24, 2.45) is 0 Å². The first-order valence-corrected chi connectivity index (χ1v) is 21.4. The fourth-order valence-corrected chi connectivity index (χ4v) is 8.51. The minimum Gasteiger partial charge on any atom is -1.00 e. The van der Waals surface area contributed by atoms with Gasteiger partial charge in [0.25, 0.3) is 40.5 Å². The third-order valence-corrected chi connectivity index (χ3v) is 12.4. The molecule has 8 bridgehead atoms. The zero-order valence-electron chi connectivity index (χ0n) is 28.4. The van der Waals surface area contributed by atoms with Gasteiger partial charge in [-0.3, -0.25) is 18.2 Å². The van der Waals surface area contributed by atoms with E-state index in [9.17, 15) is 51.9 Å². The number of aromatic amines is 4. The first-order valence-electron chi connectivity index (χ1n) is 15.6. The van der Waals surface area contributed by atoms with Crippen molar-refractivity contribution in [1.82, 2.24) is 39.9 Å². The molecular weight excluding hydrogens is 879 g/mol. The number of benzene rings is 4. The van der Waals surface area contributed by atoms with Gasteiger partial charge in [-0.1, -0.05) is 24.3 Å². The van der Waals surface area contributed by atoms with Gasteiger partial charge < -0.3 is 52.3 Å². The van der Waals surface area contributed by atoms with Crippen molar-refractivity contribution in [3.8, 4) is 0 Å². The van der Waals surface area contributed by atoms with E-state index in [1.165, 1.54) is 24.3 Å². The minimum absolute atomic E-state index is 0. The number of rotatable bonds is 4. The minimum atomic E-state index is -4.73. The molecule has 0 aliphatic carbocycles. The first-order chi connectivity index (χ1) is 26.2. The van der Waals surface area contributed by atoms with Crippen molar-refractivity contribution in [2.45, 2.75) is 19.6 Å². The number of hydrogen-bond acceptors (Lipinski definition) is 10. The molecule has 9 rings (SSSR count). The van der Waals surface area contributed by atoms with E-state index in [2.05, 4.69) is 39.9 Å². The molecule has 0 saturated carbocycles. The SMILES string of the molecule is O=S(=O)(O)c1ccc2c3nc4[nH]c([nH]c5[n-]c([nH]c6[nH]c(nc([n-]3)c2c1)c1ccc(S(=O)(=O)O)cc61)c1ccc(S(=O)(=O)O)cc51)c1ccc(S(=O)(=O)O)cc41.[Al+3].[Cl-]. The largest absolute Gasteiger partial charge is 3.00 e. The summed E-state index contributed by atoms with van der Waals surface area (Å²) in [7, 11) is -18.9. The van der Waals surface area contributed by atoms with E-state index in [1.807, 2.05) is 0 Å². The van der Waals surface area contributed by atoms with Gasteiger partial charge in [0.1, 0.15) is 0 Å². The second kappa shape index (κ2) is 13.6. The quantitative estimate of drug-likeness (QED) is 0.0894. The van der Waals surface area contributed by atoms with Crippen LogP contribution in [0.3, 0.4) is 0 Å². The van der Waals surface area contributed by atoms with Gasteiger partial charge in [-0.2, -0.15) is 33.7 Å². The van der Waals surface area contributed by atoms with E-state index in [0.717, 1.165) is 48.5 Å². The van der Waals surface area contributed by atoms with Crippen LogP contribution in [0.15, 0.2) is 92.4 Å². The molecule has 294 valence electrons. The molecule has 0 aliphatic rings. The Morgan fingerprint density at radius 3 is 1.33 bits per heavy atom. The number of nitrogens with one attached hydrogen (secondary N) is 4. The Labute approximate surface area is 340 Å². The Kier molecular flexibility index (Phi) is 9.62. The van der Waals surface area contributed by atoms with Crippen LogP contribution in [0.25, 0.3) is 88.3 Å². The summed E-state index contributed by atoms with van der Waals surface area (Å²) in [6.07, 6.45) is 0. The van der Waals surface area contributed by atoms with Crippen molar-refractivity contribution in [2.75, 3.05) is 0 Å². The van der Waals surface area contributed by atoms with Crippen LogP contribution in [-0.4, -0.2) is 99.1 Å². The predicted octanol–water partition coefficient (Wildman–Crippen LogP) is 0.788. The molecule has 0 radical (unpaired) electrons. The monoisotopic (exact) mass is 898 g/mol. The second-order valence-corrected chi connectivity index (χ2v) is 18.2. The molecule has 0 spiro atoms. The molecule has 5 aromatic heterocycles. The van der Waals surface area contributed by atoms with E-state index in [4.69, 9.17) is 0 Å². The summed E-state index contributed by atoms with van der Waals surface area (Å²) in [6, 6.07) is 14.4. The van der Waals surface area contributed by atoms with E-state index >= 15 is 0 Å². The topological polar surface area (TPSA) is 335 Å². The van der Waals surface area contributed by atoms with E-state index in [0.29, 0.717) is 5.39 Å². The van der Waals surface area contributed by atoms with Crippen molar-refractivity contribution in [3.05, 3.63) is 72.8 Å². The smallest absolute Gasteiger partial charge is 1.00 e. The predicted molar refractivity (Wildman–Crippen MR) is 206 cm³/mol. The zero-order valence-corrected chi connectivity index (χ0v) is 33.5. The Hall–Kier alpha value is -5.30. The van der Waals surface area contributed by atoms with Crippen LogP contribution < -0.4 is 22.4 Å². The number of nitrogens with zero attached hydrogens (tertiary/aromatic N) is 4. The second-order valence-electron chi connectivity index (χ2n) is 12.5. The fraction of sp³-hybridized carbons (Fsp3) is 0. The summed E-state index contributed by atoms with van der Waals surface area (Å²) in [6.45, 7) is 0. The normalized spacial score (nSPS) is 12.8. The summed E-state index contributed by atoms with van der Waals surface area (Å²) in [5, 5.41) is 1.62. The maximum Gasteiger partial charge on any atom is 3.00 e. The third kappa shape index (κ3) is 6.90. The van der Waals surface area contributed by atoms with Crippen LogP contribution in [0.1, 0.15) is 0 Å². The maximum absolute atomic E-state index is 12.2. The average molecular weight is 899 g/mol. The maximum atomic E-state index is 12.2. The molecule has 0 atom stereocenters. The third-order valence-electron chi connectivity index (χ3n) is 9.04. The van der Waals surface area contributed by atoms with Gasteiger partial charge in [0.15, 0.2) is 0 Å². The molecule has 9 aromatic rings. The Bertz CT molecular complexity index is 3350. The van der Waals surface area contributed by atoms with Crippen molar-refractivity contribution in [1.29, 1.82) is 0 Å². The number of halogens is 1. The molecule has 26 heteroatoms. The summed E-state index contributed by atoms with van der Waals surface area (Å²) in [5.74, 6) is 0. The van der Waals surface area contributed by atoms with Gasteiger partial charge in [0.05, 0.1) is 42.2 Å². The Morgan fingerprint density at radius 1 is 0.414 bits per heavy atom. The molecule has 0 aliphatic heterocycles. The van der Waals surface area contributed by atoms with Gasteiger partial charge in [0, 0.05) is 44.1 Å². The van der Waals surface area contributed by atoms with E-state index in [-0.39, 0.29) is 113 Å². The van der Waals surface area contributed by atoms with Gasteiger partial charge >= 0.3 is 17.4 Å². The molecule has 4 aromatic carbocycles.